The minimum absolute atomic E-state index is 0.0625. The number of carbonyl (C=O) groups excluding carboxylic acids is 3. The van der Waals surface area contributed by atoms with Crippen molar-refractivity contribution in [3.05, 3.63) is 0 Å². The van der Waals surface area contributed by atoms with Crippen molar-refractivity contribution < 1.29 is 28.6 Å². The Morgan fingerprint density at radius 2 is 0.550 bits per heavy atom. The van der Waals surface area contributed by atoms with Crippen LogP contribution in [0.2, 0.25) is 0 Å². The van der Waals surface area contributed by atoms with Crippen molar-refractivity contribution in [3.8, 4) is 0 Å². The number of hydrogen-bond donors (Lipinski definition) is 0. The van der Waals surface area contributed by atoms with Crippen molar-refractivity contribution in [1.82, 2.24) is 0 Å². The van der Waals surface area contributed by atoms with Crippen LogP contribution in [0.5, 0.6) is 0 Å². The molecule has 0 bridgehead atoms. The summed E-state index contributed by atoms with van der Waals surface area (Å²) < 4.78 is 16.8. The lowest BCUT2D eigenvalue weighted by atomic mass is 10.0. The molecule has 6 heteroatoms. The highest BCUT2D eigenvalue weighted by Gasteiger charge is 2.19. The predicted octanol–water partition coefficient (Wildman–Crippen LogP) is 17.5. The molecule has 0 N–H and O–H groups in total. The fourth-order valence-electron chi connectivity index (χ4n) is 8.22. The van der Waals surface area contributed by atoms with Gasteiger partial charge in [-0.1, -0.05) is 265 Å². The van der Waals surface area contributed by atoms with E-state index < -0.39 is 6.10 Å². The number of hydrogen-bond acceptors (Lipinski definition) is 6. The summed E-state index contributed by atoms with van der Waals surface area (Å²) in [6.45, 7) is 9.03. The van der Waals surface area contributed by atoms with Gasteiger partial charge in [-0.3, -0.25) is 14.4 Å². The minimum Gasteiger partial charge on any atom is -0.462 e. The second kappa shape index (κ2) is 48.4. The van der Waals surface area contributed by atoms with Crippen LogP contribution in [0.15, 0.2) is 0 Å². The molecule has 0 aliphatic carbocycles. The maximum Gasteiger partial charge on any atom is 0.306 e. The Morgan fingerprint density at radius 1 is 0.317 bits per heavy atom. The van der Waals surface area contributed by atoms with Gasteiger partial charge in [-0.25, -0.2) is 0 Å². The van der Waals surface area contributed by atoms with Gasteiger partial charge in [0, 0.05) is 19.3 Å². The molecule has 0 saturated carbocycles. The average Bonchev–Trinajstić information content (AvgIpc) is 3.23. The summed E-state index contributed by atoms with van der Waals surface area (Å²) in [5.74, 6) is -0.0109. The van der Waals surface area contributed by atoms with Crippen LogP contribution in [-0.2, 0) is 28.6 Å². The van der Waals surface area contributed by atoms with E-state index in [-0.39, 0.29) is 31.1 Å². The zero-order valence-corrected chi connectivity index (χ0v) is 40.9. The predicted molar refractivity (Wildman–Crippen MR) is 257 cm³/mol. The average molecular weight is 849 g/mol. The van der Waals surface area contributed by atoms with E-state index in [9.17, 15) is 14.4 Å². The van der Waals surface area contributed by atoms with Gasteiger partial charge in [0.25, 0.3) is 0 Å². The molecule has 6 nitrogen and oxygen atoms in total. The standard InChI is InChI=1S/C54H104O6/c1-5-7-9-11-13-15-17-18-19-20-21-22-26-30-34-38-42-46-53(56)59-49-51(48-58-52(55)45-41-37-33-29-16-14-12-10-8-6-2)60-54(57)47-43-39-35-31-27-24-23-25-28-32-36-40-44-50(3)4/h50-51H,5-49H2,1-4H3/t51-/m1/s1. The SMILES string of the molecule is CCCCCCCCCCCCCCCCCCCC(=O)OC[C@@H](COC(=O)CCCCCCCCCCCC)OC(=O)CCCCCCCCCCCCCCC(C)C. The summed E-state index contributed by atoms with van der Waals surface area (Å²) in [4.78, 5) is 37.9. The van der Waals surface area contributed by atoms with E-state index in [1.165, 1.54) is 199 Å². The molecule has 0 aromatic carbocycles. The number of ether oxygens (including phenoxy) is 3. The Bertz CT molecular complexity index is 903. The Morgan fingerprint density at radius 3 is 0.817 bits per heavy atom. The zero-order chi connectivity index (χ0) is 43.8. The Balaban J connectivity index is 4.26. The molecule has 0 aromatic rings. The maximum atomic E-state index is 12.8. The third-order valence-electron chi connectivity index (χ3n) is 12.3. The third kappa shape index (κ3) is 47.5. The van der Waals surface area contributed by atoms with E-state index in [1.807, 2.05) is 0 Å². The summed E-state index contributed by atoms with van der Waals surface area (Å²) in [7, 11) is 0. The summed E-state index contributed by atoms with van der Waals surface area (Å²) >= 11 is 0. The van der Waals surface area contributed by atoms with Crippen LogP contribution in [0, 0.1) is 5.92 Å². The van der Waals surface area contributed by atoms with E-state index in [0.717, 1.165) is 63.7 Å². The van der Waals surface area contributed by atoms with Crippen LogP contribution >= 0.6 is 0 Å². The molecule has 0 aromatic heterocycles. The van der Waals surface area contributed by atoms with Crippen LogP contribution in [0.3, 0.4) is 0 Å². The van der Waals surface area contributed by atoms with Gasteiger partial charge in [-0.2, -0.15) is 0 Å². The second-order valence-electron chi connectivity index (χ2n) is 19.0. The molecule has 0 fully saturated rings. The van der Waals surface area contributed by atoms with Crippen LogP contribution in [-0.4, -0.2) is 37.2 Å². The highest BCUT2D eigenvalue weighted by Crippen LogP contribution is 2.17. The molecule has 0 radical (unpaired) electrons. The molecule has 0 unspecified atom stereocenters. The van der Waals surface area contributed by atoms with Gasteiger partial charge in [0.2, 0.25) is 0 Å². The molecule has 0 amide bonds. The molecule has 0 spiro atoms. The van der Waals surface area contributed by atoms with Gasteiger partial charge >= 0.3 is 17.9 Å². The van der Waals surface area contributed by atoms with Gasteiger partial charge < -0.3 is 14.2 Å². The molecule has 356 valence electrons. The van der Waals surface area contributed by atoms with Crippen LogP contribution in [0.1, 0.15) is 304 Å². The van der Waals surface area contributed by atoms with Gasteiger partial charge in [0.1, 0.15) is 13.2 Å². The first-order valence-electron chi connectivity index (χ1n) is 26.9. The van der Waals surface area contributed by atoms with Crippen molar-refractivity contribution in [2.24, 2.45) is 5.92 Å². The van der Waals surface area contributed by atoms with Crippen molar-refractivity contribution >= 4 is 17.9 Å². The largest absolute Gasteiger partial charge is 0.462 e. The first-order chi connectivity index (χ1) is 29.4. The Labute approximate surface area is 374 Å². The third-order valence-corrected chi connectivity index (χ3v) is 12.3. The smallest absolute Gasteiger partial charge is 0.306 e. The molecular weight excluding hydrogens is 745 g/mol. The lowest BCUT2D eigenvalue weighted by molar-refractivity contribution is -0.167. The summed E-state index contributed by atoms with van der Waals surface area (Å²) in [5, 5.41) is 0. The maximum absolute atomic E-state index is 12.8. The Hall–Kier alpha value is -1.59. The van der Waals surface area contributed by atoms with Crippen LogP contribution in [0.25, 0.3) is 0 Å². The molecule has 0 rings (SSSR count). The van der Waals surface area contributed by atoms with Crippen molar-refractivity contribution in [1.29, 1.82) is 0 Å². The van der Waals surface area contributed by atoms with Gasteiger partial charge in [0.15, 0.2) is 6.10 Å². The molecule has 1 atom stereocenters. The first kappa shape index (κ1) is 58.4. The van der Waals surface area contributed by atoms with Crippen molar-refractivity contribution in [2.45, 2.75) is 310 Å². The molecule has 0 aliphatic rings. The summed E-state index contributed by atoms with van der Waals surface area (Å²) in [6.07, 6.45) is 50.9. The first-order valence-corrected chi connectivity index (χ1v) is 26.9. The Kier molecular flexibility index (Phi) is 47.2. The summed E-state index contributed by atoms with van der Waals surface area (Å²) in [6, 6.07) is 0. The van der Waals surface area contributed by atoms with Crippen LogP contribution in [0.4, 0.5) is 0 Å². The highest BCUT2D eigenvalue weighted by atomic mass is 16.6. The number of rotatable bonds is 49. The van der Waals surface area contributed by atoms with E-state index in [2.05, 4.69) is 27.7 Å². The highest BCUT2D eigenvalue weighted by molar-refractivity contribution is 5.71. The lowest BCUT2D eigenvalue weighted by Crippen LogP contribution is -2.30. The molecule has 0 saturated heterocycles. The topological polar surface area (TPSA) is 78.9 Å². The number of esters is 3. The van der Waals surface area contributed by atoms with Gasteiger partial charge in [-0.15, -0.1) is 0 Å². The van der Waals surface area contributed by atoms with Crippen molar-refractivity contribution in [2.75, 3.05) is 13.2 Å². The molecule has 0 heterocycles. The summed E-state index contributed by atoms with van der Waals surface area (Å²) in [5.41, 5.74) is 0. The fraction of sp³-hybridized carbons (Fsp3) is 0.944. The number of carbonyl (C=O) groups is 3. The van der Waals surface area contributed by atoms with E-state index in [0.29, 0.717) is 19.3 Å². The number of unbranched alkanes of at least 4 members (excludes halogenated alkanes) is 36. The fourth-order valence-corrected chi connectivity index (χ4v) is 8.22. The van der Waals surface area contributed by atoms with E-state index in [4.69, 9.17) is 14.2 Å². The van der Waals surface area contributed by atoms with Crippen LogP contribution < -0.4 is 0 Å². The second-order valence-corrected chi connectivity index (χ2v) is 19.0. The van der Waals surface area contributed by atoms with E-state index >= 15 is 0 Å². The molecule has 60 heavy (non-hydrogen) atoms. The molecular formula is C54H104O6. The zero-order valence-electron chi connectivity index (χ0n) is 40.9. The minimum atomic E-state index is -0.760. The monoisotopic (exact) mass is 849 g/mol. The lowest BCUT2D eigenvalue weighted by Gasteiger charge is -2.18. The van der Waals surface area contributed by atoms with E-state index in [1.54, 1.807) is 0 Å². The normalized spacial score (nSPS) is 11.9. The molecule has 0 aliphatic heterocycles. The van der Waals surface area contributed by atoms with Gasteiger partial charge in [0.05, 0.1) is 0 Å². The van der Waals surface area contributed by atoms with Crippen molar-refractivity contribution in [3.63, 3.8) is 0 Å². The van der Waals surface area contributed by atoms with Gasteiger partial charge in [-0.05, 0) is 25.2 Å². The quantitative estimate of drug-likeness (QED) is 0.0345.